The molecular weight excluding hydrogens is 252 g/mol. The van der Waals surface area contributed by atoms with Crippen LogP contribution in [0.2, 0.25) is 0 Å². The molecule has 0 heterocycles. The average molecular weight is 276 g/mol. The van der Waals surface area contributed by atoms with E-state index in [1.165, 1.54) is 5.56 Å². The summed E-state index contributed by atoms with van der Waals surface area (Å²) in [6.07, 6.45) is 2.12. The summed E-state index contributed by atoms with van der Waals surface area (Å²) in [6, 6.07) is 6.26. The Morgan fingerprint density at radius 1 is 1.35 bits per heavy atom. The Balaban J connectivity index is 2.13. The van der Waals surface area contributed by atoms with Gasteiger partial charge in [0, 0.05) is 5.41 Å². The molecule has 1 aromatic carbocycles. The molecule has 0 aliphatic heterocycles. The summed E-state index contributed by atoms with van der Waals surface area (Å²) in [6.45, 7) is 9.04. The van der Waals surface area contributed by atoms with E-state index in [4.69, 9.17) is 9.84 Å². The number of carboxylic acids is 1. The molecular formula is C17H24O3. The summed E-state index contributed by atoms with van der Waals surface area (Å²) in [5.74, 6) is 0.167. The molecule has 0 amide bonds. The summed E-state index contributed by atoms with van der Waals surface area (Å²) >= 11 is 0. The van der Waals surface area contributed by atoms with Gasteiger partial charge in [-0.15, -0.1) is 0 Å². The topological polar surface area (TPSA) is 46.5 Å². The second kappa shape index (κ2) is 5.12. The van der Waals surface area contributed by atoms with E-state index in [9.17, 15) is 4.79 Å². The minimum Gasteiger partial charge on any atom is -0.493 e. The van der Waals surface area contributed by atoms with Gasteiger partial charge >= 0.3 is 5.97 Å². The van der Waals surface area contributed by atoms with Gasteiger partial charge in [0.2, 0.25) is 0 Å². The van der Waals surface area contributed by atoms with Gasteiger partial charge in [-0.05, 0) is 42.4 Å². The first kappa shape index (κ1) is 14.9. The largest absolute Gasteiger partial charge is 0.493 e. The van der Waals surface area contributed by atoms with Crippen LogP contribution in [0.3, 0.4) is 0 Å². The first-order valence-electron chi connectivity index (χ1n) is 7.18. The molecule has 1 aromatic rings. The molecule has 0 spiro atoms. The number of rotatable bonds is 5. The Hall–Kier alpha value is -1.51. The average Bonchev–Trinajstić information content (AvgIpc) is 3.04. The number of aliphatic carboxylic acids is 1. The van der Waals surface area contributed by atoms with Gasteiger partial charge in [-0.2, -0.15) is 0 Å². The molecule has 110 valence electrons. The third kappa shape index (κ3) is 3.53. The van der Waals surface area contributed by atoms with E-state index in [1.807, 2.05) is 6.92 Å². The third-order valence-corrected chi connectivity index (χ3v) is 3.96. The fraction of sp³-hybridized carbons (Fsp3) is 0.588. The van der Waals surface area contributed by atoms with Crippen molar-refractivity contribution in [1.82, 2.24) is 0 Å². The Kier molecular flexibility index (Phi) is 3.81. The number of aryl methyl sites for hydroxylation is 1. The van der Waals surface area contributed by atoms with Crippen LogP contribution in [-0.4, -0.2) is 17.7 Å². The SMILES string of the molecule is Cc1ccc(C(C)(C)C)c(OCC2(CC(=O)O)CC2)c1. The number of carbonyl (C=O) groups is 1. The first-order chi connectivity index (χ1) is 9.22. The lowest BCUT2D eigenvalue weighted by atomic mass is 9.86. The smallest absolute Gasteiger partial charge is 0.304 e. The fourth-order valence-corrected chi connectivity index (χ4v) is 2.47. The molecule has 20 heavy (non-hydrogen) atoms. The van der Waals surface area contributed by atoms with E-state index in [0.717, 1.165) is 24.2 Å². The van der Waals surface area contributed by atoms with Gasteiger partial charge in [-0.1, -0.05) is 32.9 Å². The molecule has 0 bridgehead atoms. The van der Waals surface area contributed by atoms with Crippen molar-refractivity contribution in [2.75, 3.05) is 6.61 Å². The lowest BCUT2D eigenvalue weighted by molar-refractivity contribution is -0.138. The van der Waals surface area contributed by atoms with Crippen molar-refractivity contribution in [2.24, 2.45) is 5.41 Å². The molecule has 0 aromatic heterocycles. The molecule has 0 atom stereocenters. The van der Waals surface area contributed by atoms with Crippen LogP contribution in [0.1, 0.15) is 51.2 Å². The highest BCUT2D eigenvalue weighted by molar-refractivity contribution is 5.68. The number of hydrogen-bond donors (Lipinski definition) is 1. The zero-order valence-electron chi connectivity index (χ0n) is 12.8. The second-order valence-corrected chi connectivity index (χ2v) is 7.11. The maximum absolute atomic E-state index is 10.9. The predicted molar refractivity (Wildman–Crippen MR) is 79.3 cm³/mol. The van der Waals surface area contributed by atoms with Crippen LogP contribution in [0.4, 0.5) is 0 Å². The van der Waals surface area contributed by atoms with Gasteiger partial charge < -0.3 is 9.84 Å². The Labute approximate surface area is 121 Å². The van der Waals surface area contributed by atoms with Crippen molar-refractivity contribution in [3.8, 4) is 5.75 Å². The highest BCUT2D eigenvalue weighted by Crippen LogP contribution is 2.49. The highest BCUT2D eigenvalue weighted by Gasteiger charge is 2.45. The Morgan fingerprint density at radius 3 is 2.50 bits per heavy atom. The number of benzene rings is 1. The van der Waals surface area contributed by atoms with Crippen LogP contribution in [0.25, 0.3) is 0 Å². The molecule has 0 unspecified atom stereocenters. The van der Waals surface area contributed by atoms with Crippen molar-refractivity contribution in [3.05, 3.63) is 29.3 Å². The van der Waals surface area contributed by atoms with Crippen LogP contribution >= 0.6 is 0 Å². The predicted octanol–water partition coefficient (Wildman–Crippen LogP) is 3.93. The minimum atomic E-state index is -0.730. The van der Waals surface area contributed by atoms with Crippen LogP contribution in [0, 0.1) is 12.3 Å². The van der Waals surface area contributed by atoms with E-state index >= 15 is 0 Å². The molecule has 0 radical (unpaired) electrons. The van der Waals surface area contributed by atoms with E-state index in [1.54, 1.807) is 0 Å². The normalized spacial score (nSPS) is 16.8. The zero-order chi connectivity index (χ0) is 15.0. The monoisotopic (exact) mass is 276 g/mol. The molecule has 1 aliphatic rings. The molecule has 2 rings (SSSR count). The molecule has 1 aliphatic carbocycles. The van der Waals surface area contributed by atoms with Gasteiger partial charge in [0.05, 0.1) is 13.0 Å². The van der Waals surface area contributed by atoms with Crippen molar-refractivity contribution < 1.29 is 14.6 Å². The van der Waals surface area contributed by atoms with Gasteiger partial charge in [-0.25, -0.2) is 0 Å². The van der Waals surface area contributed by atoms with E-state index in [2.05, 4.69) is 39.0 Å². The van der Waals surface area contributed by atoms with Crippen LogP contribution in [-0.2, 0) is 10.2 Å². The summed E-state index contributed by atoms with van der Waals surface area (Å²) in [7, 11) is 0. The van der Waals surface area contributed by atoms with E-state index < -0.39 is 5.97 Å². The highest BCUT2D eigenvalue weighted by atomic mass is 16.5. The maximum Gasteiger partial charge on any atom is 0.304 e. The van der Waals surface area contributed by atoms with Crippen molar-refractivity contribution in [3.63, 3.8) is 0 Å². The second-order valence-electron chi connectivity index (χ2n) is 7.11. The minimum absolute atomic E-state index is 0.0204. The standard InChI is InChI=1S/C17H24O3/c1-12-5-6-13(16(2,3)4)14(9-12)20-11-17(7-8-17)10-15(18)19/h5-6,9H,7-8,10-11H2,1-4H3,(H,18,19). The first-order valence-corrected chi connectivity index (χ1v) is 7.18. The molecule has 0 saturated heterocycles. The van der Waals surface area contributed by atoms with E-state index in [0.29, 0.717) is 6.61 Å². The molecule has 1 N–H and O–H groups in total. The lowest BCUT2D eigenvalue weighted by Crippen LogP contribution is -2.20. The van der Waals surface area contributed by atoms with Crippen molar-refractivity contribution in [2.45, 2.75) is 52.4 Å². The lowest BCUT2D eigenvalue weighted by Gasteiger charge is -2.24. The van der Waals surface area contributed by atoms with E-state index in [-0.39, 0.29) is 17.3 Å². The van der Waals surface area contributed by atoms with Crippen LogP contribution in [0.5, 0.6) is 5.75 Å². The van der Waals surface area contributed by atoms with Gasteiger partial charge in [0.15, 0.2) is 0 Å². The molecule has 3 heteroatoms. The Bertz CT molecular complexity index is 507. The fourth-order valence-electron chi connectivity index (χ4n) is 2.47. The summed E-state index contributed by atoms with van der Waals surface area (Å²) < 4.78 is 6.01. The van der Waals surface area contributed by atoms with Gasteiger partial charge in [0.25, 0.3) is 0 Å². The van der Waals surface area contributed by atoms with Crippen molar-refractivity contribution >= 4 is 5.97 Å². The summed E-state index contributed by atoms with van der Waals surface area (Å²) in [4.78, 5) is 10.9. The van der Waals surface area contributed by atoms with Crippen LogP contribution in [0.15, 0.2) is 18.2 Å². The quantitative estimate of drug-likeness (QED) is 0.886. The zero-order valence-corrected chi connectivity index (χ0v) is 12.8. The summed E-state index contributed by atoms with van der Waals surface area (Å²) in [5, 5.41) is 8.96. The maximum atomic E-state index is 10.9. The summed E-state index contributed by atoms with van der Waals surface area (Å²) in [5.41, 5.74) is 2.22. The Morgan fingerprint density at radius 2 is 2.00 bits per heavy atom. The molecule has 1 fully saturated rings. The number of ether oxygens (including phenoxy) is 1. The van der Waals surface area contributed by atoms with Gasteiger partial charge in [-0.3, -0.25) is 4.79 Å². The van der Waals surface area contributed by atoms with Crippen LogP contribution < -0.4 is 4.74 Å². The van der Waals surface area contributed by atoms with Gasteiger partial charge in [0.1, 0.15) is 5.75 Å². The number of hydrogen-bond acceptors (Lipinski definition) is 2. The molecule has 1 saturated carbocycles. The van der Waals surface area contributed by atoms with Crippen molar-refractivity contribution in [1.29, 1.82) is 0 Å². The number of carboxylic acid groups (broad SMARTS) is 1. The third-order valence-electron chi connectivity index (χ3n) is 3.96. The molecule has 3 nitrogen and oxygen atoms in total.